The second-order valence-electron chi connectivity index (χ2n) is 10.3. The second kappa shape index (κ2) is 13.1. The van der Waals surface area contributed by atoms with E-state index in [2.05, 4.69) is 24.1 Å². The Labute approximate surface area is 201 Å². The molecule has 0 bridgehead atoms. The molecule has 1 aliphatic heterocycles. The molecule has 7 heteroatoms. The zero-order valence-corrected chi connectivity index (χ0v) is 22.4. The highest BCUT2D eigenvalue weighted by molar-refractivity contribution is 5.91. The maximum atomic E-state index is 13.6. The first-order valence-corrected chi connectivity index (χ1v) is 12.6. The number of likely N-dealkylation sites (tertiary alicyclic amines) is 1. The summed E-state index contributed by atoms with van der Waals surface area (Å²) in [4.78, 5) is 43.0. The van der Waals surface area contributed by atoms with Gasteiger partial charge in [0.15, 0.2) is 0 Å². The maximum absolute atomic E-state index is 13.6. The van der Waals surface area contributed by atoms with Gasteiger partial charge >= 0.3 is 5.97 Å². The van der Waals surface area contributed by atoms with E-state index in [1.807, 2.05) is 27.7 Å². The van der Waals surface area contributed by atoms with Crippen molar-refractivity contribution >= 4 is 17.8 Å². The second-order valence-corrected chi connectivity index (χ2v) is 10.3. The first kappa shape index (κ1) is 29.1. The van der Waals surface area contributed by atoms with Crippen molar-refractivity contribution < 1.29 is 19.1 Å². The Morgan fingerprint density at radius 3 is 2.30 bits per heavy atom. The van der Waals surface area contributed by atoms with Crippen molar-refractivity contribution in [3.8, 4) is 0 Å². The summed E-state index contributed by atoms with van der Waals surface area (Å²) in [5.74, 6) is -0.593. The number of nitrogens with one attached hydrogen (secondary N) is 1. The summed E-state index contributed by atoms with van der Waals surface area (Å²) in [5, 5.41) is 3.11. The van der Waals surface area contributed by atoms with Crippen LogP contribution in [0.5, 0.6) is 0 Å². The van der Waals surface area contributed by atoms with Crippen molar-refractivity contribution in [1.29, 1.82) is 0 Å². The van der Waals surface area contributed by atoms with E-state index < -0.39 is 11.5 Å². The molecule has 7 nitrogen and oxygen atoms in total. The fourth-order valence-electron chi connectivity index (χ4n) is 4.36. The van der Waals surface area contributed by atoms with Crippen LogP contribution in [-0.2, 0) is 19.1 Å². The summed E-state index contributed by atoms with van der Waals surface area (Å²) in [6.07, 6.45) is 6.35. The van der Waals surface area contributed by atoms with E-state index in [-0.39, 0.29) is 29.9 Å². The molecular formula is C26H47N3O4. The molecule has 2 amide bonds. The highest BCUT2D eigenvalue weighted by Gasteiger charge is 2.39. The van der Waals surface area contributed by atoms with Gasteiger partial charge in [0.1, 0.15) is 6.04 Å². The average Bonchev–Trinajstić information content (AvgIpc) is 2.78. The van der Waals surface area contributed by atoms with Gasteiger partial charge in [-0.2, -0.15) is 0 Å². The number of ether oxygens (including phenoxy) is 1. The number of rotatable bonds is 10. The molecule has 1 aliphatic rings. The topological polar surface area (TPSA) is 79.0 Å². The standard InChI is InChI=1S/C26H47N3O4/c1-10-19(5)29-16-14-13-15-21(29)23(30)27-22(26(6,7)8)24(31)28(9)20(11-2)17-18(4)25(32)33-12-3/h17,19-22H,10-16H2,1-9H3,(H,27,30)/t19?,20-,21?,22+/m0/s1. The van der Waals surface area contributed by atoms with E-state index in [9.17, 15) is 14.4 Å². The molecule has 0 aromatic heterocycles. The van der Waals surface area contributed by atoms with Gasteiger partial charge in [-0.1, -0.05) is 47.1 Å². The molecule has 0 aromatic rings. The number of carbonyl (C=O) groups excluding carboxylic acids is 3. The largest absolute Gasteiger partial charge is 0.463 e. The lowest BCUT2D eigenvalue weighted by atomic mass is 9.85. The quantitative estimate of drug-likeness (QED) is 0.391. The van der Waals surface area contributed by atoms with Crippen LogP contribution in [0.15, 0.2) is 11.6 Å². The number of nitrogens with zero attached hydrogens (tertiary/aromatic N) is 2. The minimum absolute atomic E-state index is 0.0667. The molecule has 1 rings (SSSR count). The minimum Gasteiger partial charge on any atom is -0.463 e. The highest BCUT2D eigenvalue weighted by atomic mass is 16.5. The Bertz CT molecular complexity index is 698. The molecule has 0 spiro atoms. The fraction of sp³-hybridized carbons (Fsp3) is 0.808. The molecular weight excluding hydrogens is 418 g/mol. The van der Waals surface area contributed by atoms with Crippen LogP contribution in [0, 0.1) is 5.41 Å². The normalized spacial score (nSPS) is 20.5. The van der Waals surface area contributed by atoms with Crippen LogP contribution in [-0.4, -0.2) is 72.0 Å². The minimum atomic E-state index is -0.666. The third-order valence-corrected chi connectivity index (χ3v) is 6.71. The van der Waals surface area contributed by atoms with Gasteiger partial charge in [0, 0.05) is 18.7 Å². The van der Waals surface area contributed by atoms with Gasteiger partial charge in [-0.3, -0.25) is 14.5 Å². The smallest absolute Gasteiger partial charge is 0.333 e. The van der Waals surface area contributed by atoms with Crippen LogP contribution in [0.2, 0.25) is 0 Å². The Balaban J connectivity index is 3.09. The van der Waals surface area contributed by atoms with Gasteiger partial charge in [0.25, 0.3) is 0 Å². The molecule has 0 aliphatic carbocycles. The van der Waals surface area contributed by atoms with Gasteiger partial charge in [-0.25, -0.2) is 4.79 Å². The predicted molar refractivity (Wildman–Crippen MR) is 133 cm³/mol. The molecule has 1 fully saturated rings. The molecule has 2 unspecified atom stereocenters. The van der Waals surface area contributed by atoms with Crippen LogP contribution in [0.1, 0.15) is 87.5 Å². The number of esters is 1. The average molecular weight is 466 g/mol. The Kier molecular flexibility index (Phi) is 11.6. The summed E-state index contributed by atoms with van der Waals surface area (Å²) < 4.78 is 5.08. The van der Waals surface area contributed by atoms with E-state index in [1.54, 1.807) is 31.9 Å². The zero-order valence-electron chi connectivity index (χ0n) is 22.4. The van der Waals surface area contributed by atoms with E-state index in [0.29, 0.717) is 24.6 Å². The van der Waals surface area contributed by atoms with Gasteiger partial charge < -0.3 is 15.0 Å². The van der Waals surface area contributed by atoms with Crippen molar-refractivity contribution in [1.82, 2.24) is 15.1 Å². The molecule has 1 saturated heterocycles. The third kappa shape index (κ3) is 8.13. The Hall–Kier alpha value is -1.89. The number of carbonyl (C=O) groups is 3. The number of hydrogen-bond acceptors (Lipinski definition) is 5. The first-order valence-electron chi connectivity index (χ1n) is 12.6. The van der Waals surface area contributed by atoms with Gasteiger partial charge in [0.05, 0.1) is 18.7 Å². The van der Waals surface area contributed by atoms with Crippen molar-refractivity contribution in [2.24, 2.45) is 5.41 Å². The number of hydrogen-bond donors (Lipinski definition) is 1. The van der Waals surface area contributed by atoms with E-state index >= 15 is 0 Å². The SMILES string of the molecule is CCOC(=O)C(C)=C[C@H](CC)N(C)C(=O)[C@@H](NC(=O)C1CCCCN1C(C)CC)C(C)(C)C. The van der Waals surface area contributed by atoms with Crippen LogP contribution < -0.4 is 5.32 Å². The first-order chi connectivity index (χ1) is 15.4. The summed E-state index contributed by atoms with van der Waals surface area (Å²) in [7, 11) is 1.74. The van der Waals surface area contributed by atoms with Gasteiger partial charge in [0.2, 0.25) is 11.8 Å². The zero-order chi connectivity index (χ0) is 25.3. The Morgan fingerprint density at radius 2 is 1.79 bits per heavy atom. The predicted octanol–water partition coefficient (Wildman–Crippen LogP) is 3.92. The maximum Gasteiger partial charge on any atom is 0.333 e. The van der Waals surface area contributed by atoms with E-state index in [1.165, 1.54) is 0 Å². The number of piperidine rings is 1. The third-order valence-electron chi connectivity index (χ3n) is 6.71. The van der Waals surface area contributed by atoms with E-state index in [4.69, 9.17) is 4.74 Å². The van der Waals surface area contributed by atoms with Gasteiger partial charge in [-0.05, 0) is 58.4 Å². The molecule has 1 N–H and O–H groups in total. The summed E-state index contributed by atoms with van der Waals surface area (Å²) in [6, 6.07) is -0.812. The molecule has 0 aromatic carbocycles. The molecule has 4 atom stereocenters. The fourth-order valence-corrected chi connectivity index (χ4v) is 4.36. The molecule has 0 radical (unpaired) electrons. The molecule has 0 saturated carbocycles. The summed E-state index contributed by atoms with van der Waals surface area (Å²) >= 11 is 0. The summed E-state index contributed by atoms with van der Waals surface area (Å²) in [5.41, 5.74) is 0.0146. The number of likely N-dealkylation sites (N-methyl/N-ethyl adjacent to an activating group) is 1. The molecule has 1 heterocycles. The van der Waals surface area contributed by atoms with Crippen LogP contribution in [0.3, 0.4) is 0 Å². The lowest BCUT2D eigenvalue weighted by molar-refractivity contribution is -0.141. The van der Waals surface area contributed by atoms with Crippen molar-refractivity contribution in [3.05, 3.63) is 11.6 Å². The monoisotopic (exact) mass is 465 g/mol. The molecule has 190 valence electrons. The van der Waals surface area contributed by atoms with Crippen molar-refractivity contribution in [3.63, 3.8) is 0 Å². The molecule has 33 heavy (non-hydrogen) atoms. The van der Waals surface area contributed by atoms with Crippen LogP contribution in [0.4, 0.5) is 0 Å². The van der Waals surface area contributed by atoms with E-state index in [0.717, 1.165) is 32.2 Å². The lowest BCUT2D eigenvalue weighted by Crippen LogP contribution is -2.60. The van der Waals surface area contributed by atoms with Crippen LogP contribution in [0.25, 0.3) is 0 Å². The summed E-state index contributed by atoms with van der Waals surface area (Å²) in [6.45, 7) is 16.9. The Morgan fingerprint density at radius 1 is 1.15 bits per heavy atom. The van der Waals surface area contributed by atoms with Gasteiger partial charge in [-0.15, -0.1) is 0 Å². The lowest BCUT2D eigenvalue weighted by Gasteiger charge is -2.41. The highest BCUT2D eigenvalue weighted by Crippen LogP contribution is 2.25. The van der Waals surface area contributed by atoms with Crippen molar-refractivity contribution in [2.75, 3.05) is 20.2 Å². The van der Waals surface area contributed by atoms with Crippen LogP contribution >= 0.6 is 0 Å². The van der Waals surface area contributed by atoms with Crippen molar-refractivity contribution in [2.45, 2.75) is 112 Å². The number of amides is 2.